The van der Waals surface area contributed by atoms with Gasteiger partial charge in [0.15, 0.2) is 6.29 Å². The van der Waals surface area contributed by atoms with E-state index in [0.717, 1.165) is 68.9 Å². The molecule has 1 saturated heterocycles. The van der Waals surface area contributed by atoms with Gasteiger partial charge in [-0.2, -0.15) is 0 Å². The SMILES string of the molecule is O=C(/C=C/C1=CC=C2C(CCC2[NH+]([O-])Cc2ccc(F)cc2)C1)NCCCCCC(=O)NOC1CCCCO1. The van der Waals surface area contributed by atoms with Gasteiger partial charge in [0.1, 0.15) is 18.4 Å². The second-order valence-corrected chi connectivity index (χ2v) is 10.6. The standard InChI is InChI=1S/C30H40FN3O5/c31-25-13-8-23(9-14-25)21-34(37)27-16-12-24-20-22(10-15-26(24)27)11-17-28(35)32-18-4-1-2-6-29(36)33-39-30-7-3-5-19-38-30/h8-11,13-15,17,24,27,30,34H,1-7,12,16,18-21H2,(H,32,35)(H,33,36)/b17-11+. The molecular weight excluding hydrogens is 501 g/mol. The van der Waals surface area contributed by atoms with E-state index in [9.17, 15) is 19.2 Å². The summed E-state index contributed by atoms with van der Waals surface area (Å²) >= 11 is 0. The summed E-state index contributed by atoms with van der Waals surface area (Å²) in [5, 5.41) is 16.0. The third-order valence-corrected chi connectivity index (χ3v) is 7.60. The molecule has 2 amide bonds. The number of nitrogens with one attached hydrogen (secondary N) is 3. The first-order valence-electron chi connectivity index (χ1n) is 14.2. The van der Waals surface area contributed by atoms with E-state index < -0.39 is 0 Å². The highest BCUT2D eigenvalue weighted by atomic mass is 19.1. The number of halogens is 1. The summed E-state index contributed by atoms with van der Waals surface area (Å²) in [5.41, 5.74) is 5.57. The monoisotopic (exact) mass is 541 g/mol. The second kappa shape index (κ2) is 15.1. The van der Waals surface area contributed by atoms with E-state index in [1.54, 1.807) is 18.2 Å². The van der Waals surface area contributed by atoms with Crippen LogP contribution >= 0.6 is 0 Å². The van der Waals surface area contributed by atoms with Crippen molar-refractivity contribution in [2.45, 2.75) is 83.1 Å². The average molecular weight is 542 g/mol. The lowest BCUT2D eigenvalue weighted by molar-refractivity contribution is -0.883. The highest BCUT2D eigenvalue weighted by Gasteiger charge is 2.35. The van der Waals surface area contributed by atoms with Gasteiger partial charge < -0.3 is 20.3 Å². The molecule has 8 nitrogen and oxygen atoms in total. The van der Waals surface area contributed by atoms with Crippen LogP contribution in [0, 0.1) is 16.9 Å². The third kappa shape index (κ3) is 9.39. The summed E-state index contributed by atoms with van der Waals surface area (Å²) < 4.78 is 18.6. The maximum Gasteiger partial charge on any atom is 0.243 e. The average Bonchev–Trinajstić information content (AvgIpc) is 3.38. The van der Waals surface area contributed by atoms with Gasteiger partial charge in [-0.3, -0.25) is 9.59 Å². The Labute approximate surface area is 229 Å². The minimum Gasteiger partial charge on any atom is -0.634 e. The van der Waals surface area contributed by atoms with Gasteiger partial charge in [-0.15, -0.1) is 0 Å². The number of hydrogen-bond acceptors (Lipinski definition) is 5. The van der Waals surface area contributed by atoms with E-state index in [1.807, 2.05) is 12.2 Å². The van der Waals surface area contributed by atoms with E-state index >= 15 is 0 Å². The summed E-state index contributed by atoms with van der Waals surface area (Å²) in [6.45, 7) is 1.55. The van der Waals surface area contributed by atoms with Crippen LogP contribution in [-0.2, 0) is 25.7 Å². The van der Waals surface area contributed by atoms with Crippen LogP contribution in [0.4, 0.5) is 4.39 Å². The van der Waals surface area contributed by atoms with E-state index in [0.29, 0.717) is 32.0 Å². The number of unbranched alkanes of at least 4 members (excludes halogenated alkanes) is 2. The number of hydrogen-bond donors (Lipinski definition) is 3. The molecule has 1 saturated carbocycles. The zero-order valence-corrected chi connectivity index (χ0v) is 22.5. The maximum atomic E-state index is 13.1. The fourth-order valence-corrected chi connectivity index (χ4v) is 5.44. The number of hydroxylamine groups is 3. The predicted molar refractivity (Wildman–Crippen MR) is 145 cm³/mol. The number of allylic oxidation sites excluding steroid dienone is 4. The van der Waals surface area contributed by atoms with Gasteiger partial charge in [0, 0.05) is 44.1 Å². The number of quaternary nitrogens is 1. The van der Waals surface area contributed by atoms with Gasteiger partial charge in [0.25, 0.3) is 0 Å². The summed E-state index contributed by atoms with van der Waals surface area (Å²) in [4.78, 5) is 29.4. The molecule has 39 heavy (non-hydrogen) atoms. The van der Waals surface area contributed by atoms with Crippen molar-refractivity contribution in [3.05, 3.63) is 76.3 Å². The number of carbonyl (C=O) groups is 2. The summed E-state index contributed by atoms with van der Waals surface area (Å²) in [6, 6.07) is 6.06. The fourth-order valence-electron chi connectivity index (χ4n) is 5.44. The quantitative estimate of drug-likeness (QED) is 0.201. The Morgan fingerprint density at radius 3 is 2.74 bits per heavy atom. The molecule has 1 aromatic rings. The van der Waals surface area contributed by atoms with Crippen LogP contribution in [-0.4, -0.2) is 37.3 Å². The largest absolute Gasteiger partial charge is 0.634 e. The van der Waals surface area contributed by atoms with E-state index in [4.69, 9.17) is 9.57 Å². The van der Waals surface area contributed by atoms with Gasteiger partial charge in [-0.1, -0.05) is 36.8 Å². The van der Waals surface area contributed by atoms with Crippen molar-refractivity contribution in [1.29, 1.82) is 0 Å². The van der Waals surface area contributed by atoms with Crippen LogP contribution in [0.5, 0.6) is 0 Å². The molecule has 3 N–H and O–H groups in total. The van der Waals surface area contributed by atoms with Crippen LogP contribution < -0.4 is 15.9 Å². The first kappa shape index (κ1) is 29.1. The Morgan fingerprint density at radius 1 is 1.10 bits per heavy atom. The van der Waals surface area contributed by atoms with Crippen molar-refractivity contribution in [2.24, 2.45) is 5.92 Å². The Kier molecular flexibility index (Phi) is 11.3. The molecule has 1 heterocycles. The molecule has 2 fully saturated rings. The molecule has 4 rings (SSSR count). The van der Waals surface area contributed by atoms with Crippen molar-refractivity contribution in [1.82, 2.24) is 10.8 Å². The zero-order chi connectivity index (χ0) is 27.5. The molecule has 1 aromatic carbocycles. The molecule has 3 aliphatic rings. The van der Waals surface area contributed by atoms with E-state index in [2.05, 4.69) is 16.9 Å². The summed E-state index contributed by atoms with van der Waals surface area (Å²) in [6.07, 6.45) is 15.4. The highest BCUT2D eigenvalue weighted by Crippen LogP contribution is 2.38. The smallest absolute Gasteiger partial charge is 0.243 e. The Morgan fingerprint density at radius 2 is 1.95 bits per heavy atom. The molecule has 0 spiro atoms. The van der Waals surface area contributed by atoms with Crippen LogP contribution in [0.25, 0.3) is 0 Å². The molecule has 4 atom stereocenters. The molecule has 0 aromatic heterocycles. The number of fused-ring (bicyclic) bond motifs is 1. The lowest BCUT2D eigenvalue weighted by Gasteiger charge is -2.31. The molecule has 2 aliphatic carbocycles. The highest BCUT2D eigenvalue weighted by molar-refractivity contribution is 5.87. The van der Waals surface area contributed by atoms with Gasteiger partial charge >= 0.3 is 0 Å². The first-order chi connectivity index (χ1) is 19.0. The number of carbonyl (C=O) groups excluding carboxylic acids is 2. The van der Waals surface area contributed by atoms with E-state index in [-0.39, 0.29) is 35.0 Å². The molecule has 4 unspecified atom stereocenters. The van der Waals surface area contributed by atoms with E-state index in [1.165, 1.54) is 17.7 Å². The summed E-state index contributed by atoms with van der Waals surface area (Å²) in [7, 11) is 0. The lowest BCUT2D eigenvalue weighted by Crippen LogP contribution is -3.10. The van der Waals surface area contributed by atoms with Crippen LogP contribution in [0.2, 0.25) is 0 Å². The van der Waals surface area contributed by atoms with Crippen LogP contribution in [0.3, 0.4) is 0 Å². The molecule has 1 aliphatic heterocycles. The first-order valence-corrected chi connectivity index (χ1v) is 14.2. The Hall–Kier alpha value is -2.85. The van der Waals surface area contributed by atoms with Crippen molar-refractivity contribution >= 4 is 11.8 Å². The normalized spacial score (nSPS) is 23.6. The number of ether oxygens (including phenoxy) is 1. The molecule has 0 bridgehead atoms. The topological polar surface area (TPSA) is 104 Å². The Bertz CT molecular complexity index is 1050. The second-order valence-electron chi connectivity index (χ2n) is 10.6. The molecular formula is C30H40FN3O5. The van der Waals surface area contributed by atoms with Gasteiger partial charge in [-0.25, -0.2) is 14.7 Å². The fraction of sp³-hybridized carbons (Fsp3) is 0.533. The van der Waals surface area contributed by atoms with Crippen molar-refractivity contribution in [2.75, 3.05) is 13.2 Å². The third-order valence-electron chi connectivity index (χ3n) is 7.60. The predicted octanol–water partition coefficient (Wildman–Crippen LogP) is 3.55. The minimum absolute atomic E-state index is 0.0744. The minimum atomic E-state index is -0.341. The van der Waals surface area contributed by atoms with Crippen molar-refractivity contribution in [3.8, 4) is 0 Å². The number of amides is 2. The maximum absolute atomic E-state index is 13.1. The summed E-state index contributed by atoms with van der Waals surface area (Å²) in [5.74, 6) is -0.254. The number of benzene rings is 1. The lowest BCUT2D eigenvalue weighted by atomic mass is 9.88. The van der Waals surface area contributed by atoms with Crippen LogP contribution in [0.15, 0.2) is 59.7 Å². The van der Waals surface area contributed by atoms with Gasteiger partial charge in [0.05, 0.1) is 0 Å². The van der Waals surface area contributed by atoms with Crippen LogP contribution in [0.1, 0.15) is 69.8 Å². The Balaban J connectivity index is 1.10. The van der Waals surface area contributed by atoms with Crippen molar-refractivity contribution in [3.63, 3.8) is 0 Å². The number of rotatable bonds is 13. The van der Waals surface area contributed by atoms with Gasteiger partial charge in [0.2, 0.25) is 11.8 Å². The zero-order valence-electron chi connectivity index (χ0n) is 22.5. The van der Waals surface area contributed by atoms with Crippen molar-refractivity contribution < 1.29 is 28.6 Å². The molecule has 9 heteroatoms. The molecule has 0 radical (unpaired) electrons. The molecule has 212 valence electrons. The van der Waals surface area contributed by atoms with Gasteiger partial charge in [-0.05, 0) is 67.7 Å².